The van der Waals surface area contributed by atoms with E-state index in [-0.39, 0.29) is 0 Å². The smallest absolute Gasteiger partial charge is 0.225 e. The minimum Gasteiger partial charge on any atom is -0.339 e. The van der Waals surface area contributed by atoms with Crippen molar-refractivity contribution >= 4 is 18.2 Å². The Morgan fingerprint density at radius 3 is 2.73 bits per heavy atom. The van der Waals surface area contributed by atoms with Crippen molar-refractivity contribution in [3.63, 3.8) is 0 Å². The fraction of sp³-hybridized carbons (Fsp3) is 0.778. The van der Waals surface area contributed by atoms with Crippen LogP contribution in [0.25, 0.3) is 0 Å². The number of rotatable bonds is 2. The Hall–Kier alpha value is -0.880. The van der Waals surface area contributed by atoms with Gasteiger partial charge in [-0.25, -0.2) is 5.10 Å². The van der Waals surface area contributed by atoms with Crippen molar-refractivity contribution in [1.82, 2.24) is 19.7 Å². The third-order valence-electron chi connectivity index (χ3n) is 3.03. The molecule has 1 aromatic rings. The third-order valence-corrected chi connectivity index (χ3v) is 3.40. The Morgan fingerprint density at radius 2 is 2.27 bits per heavy atom. The maximum absolute atomic E-state index is 5.10. The molecule has 0 aliphatic carbocycles. The van der Waals surface area contributed by atoms with Gasteiger partial charge in [0.2, 0.25) is 5.95 Å². The standard InChI is InChI=1S/C9H17N5S/c1-12(2)7-4-5-14(6-7)8-10-11-9(15)13(8)3/h7H,4-6H2,1-3H3,(H,11,15). The molecule has 1 unspecified atom stereocenters. The molecule has 1 aromatic heterocycles. The van der Waals surface area contributed by atoms with Gasteiger partial charge in [-0.15, -0.1) is 5.10 Å². The van der Waals surface area contributed by atoms with Gasteiger partial charge in [0.05, 0.1) is 0 Å². The van der Waals surface area contributed by atoms with Crippen LogP contribution in [0.3, 0.4) is 0 Å². The summed E-state index contributed by atoms with van der Waals surface area (Å²) in [5.41, 5.74) is 0. The minimum atomic E-state index is 0.621. The molecule has 0 spiro atoms. The van der Waals surface area contributed by atoms with Crippen molar-refractivity contribution in [1.29, 1.82) is 0 Å². The molecule has 1 aliphatic heterocycles. The first-order valence-corrected chi connectivity index (χ1v) is 5.53. The Kier molecular flexibility index (Phi) is 2.79. The molecule has 2 rings (SSSR count). The van der Waals surface area contributed by atoms with Crippen molar-refractivity contribution in [2.45, 2.75) is 12.5 Å². The summed E-state index contributed by atoms with van der Waals surface area (Å²) in [5.74, 6) is 0.948. The first-order chi connectivity index (χ1) is 7.09. The summed E-state index contributed by atoms with van der Waals surface area (Å²) in [4.78, 5) is 4.54. The zero-order valence-corrected chi connectivity index (χ0v) is 10.2. The van der Waals surface area contributed by atoms with Crippen molar-refractivity contribution in [2.24, 2.45) is 7.05 Å². The van der Waals surface area contributed by atoms with Crippen molar-refractivity contribution < 1.29 is 0 Å². The molecular weight excluding hydrogens is 210 g/mol. The molecule has 1 saturated heterocycles. The van der Waals surface area contributed by atoms with Gasteiger partial charge in [0, 0.05) is 26.2 Å². The molecule has 1 fully saturated rings. The van der Waals surface area contributed by atoms with E-state index in [4.69, 9.17) is 12.2 Å². The number of likely N-dealkylation sites (N-methyl/N-ethyl adjacent to an activating group) is 1. The fourth-order valence-electron chi connectivity index (χ4n) is 1.97. The third kappa shape index (κ3) is 1.91. The van der Waals surface area contributed by atoms with Crippen molar-refractivity contribution in [2.75, 3.05) is 32.1 Å². The second-order valence-electron chi connectivity index (χ2n) is 4.24. The Bertz CT molecular complexity index is 393. The van der Waals surface area contributed by atoms with E-state index in [1.165, 1.54) is 6.42 Å². The number of nitrogens with one attached hydrogen (secondary N) is 1. The predicted molar refractivity (Wildman–Crippen MR) is 62.7 cm³/mol. The van der Waals surface area contributed by atoms with Gasteiger partial charge in [-0.05, 0) is 32.7 Å². The van der Waals surface area contributed by atoms with E-state index in [0.29, 0.717) is 10.8 Å². The number of nitrogens with zero attached hydrogens (tertiary/aromatic N) is 4. The number of hydrogen-bond acceptors (Lipinski definition) is 4. The van der Waals surface area contributed by atoms with E-state index < -0.39 is 0 Å². The van der Waals surface area contributed by atoms with Crippen LogP contribution >= 0.6 is 12.2 Å². The van der Waals surface area contributed by atoms with E-state index in [0.717, 1.165) is 19.0 Å². The highest BCUT2D eigenvalue weighted by atomic mass is 32.1. The Labute approximate surface area is 94.7 Å². The second-order valence-corrected chi connectivity index (χ2v) is 4.63. The number of H-pyrrole nitrogens is 1. The number of aromatic nitrogens is 3. The van der Waals surface area contributed by atoms with Crippen LogP contribution in [-0.2, 0) is 7.05 Å². The zero-order valence-electron chi connectivity index (χ0n) is 9.40. The molecule has 5 nitrogen and oxygen atoms in total. The predicted octanol–water partition coefficient (Wildman–Crippen LogP) is 0.618. The van der Waals surface area contributed by atoms with E-state index >= 15 is 0 Å². The lowest BCUT2D eigenvalue weighted by Gasteiger charge is -2.20. The highest BCUT2D eigenvalue weighted by Gasteiger charge is 2.26. The van der Waals surface area contributed by atoms with Crippen LogP contribution in [0.4, 0.5) is 5.95 Å². The van der Waals surface area contributed by atoms with Gasteiger partial charge in [-0.3, -0.25) is 4.57 Å². The number of hydrogen-bond donors (Lipinski definition) is 1. The summed E-state index contributed by atoms with van der Waals surface area (Å²) in [7, 11) is 6.19. The summed E-state index contributed by atoms with van der Waals surface area (Å²) < 4.78 is 2.60. The van der Waals surface area contributed by atoms with Gasteiger partial charge in [0.25, 0.3) is 0 Å². The van der Waals surface area contributed by atoms with E-state index in [1.54, 1.807) is 0 Å². The topological polar surface area (TPSA) is 40.1 Å². The summed E-state index contributed by atoms with van der Waals surface area (Å²) >= 11 is 5.10. The van der Waals surface area contributed by atoms with Gasteiger partial charge in [-0.1, -0.05) is 0 Å². The van der Waals surface area contributed by atoms with Gasteiger partial charge >= 0.3 is 0 Å². The van der Waals surface area contributed by atoms with Crippen LogP contribution in [-0.4, -0.2) is 52.9 Å². The van der Waals surface area contributed by atoms with E-state index in [2.05, 4.69) is 34.1 Å². The maximum Gasteiger partial charge on any atom is 0.225 e. The summed E-state index contributed by atoms with van der Waals surface area (Å²) in [6, 6.07) is 0.621. The Morgan fingerprint density at radius 1 is 1.53 bits per heavy atom. The van der Waals surface area contributed by atoms with Gasteiger partial charge in [0.15, 0.2) is 4.77 Å². The molecular formula is C9H17N5S. The van der Waals surface area contributed by atoms with Crippen molar-refractivity contribution in [3.05, 3.63) is 4.77 Å². The number of anilines is 1. The zero-order chi connectivity index (χ0) is 11.0. The van der Waals surface area contributed by atoms with Gasteiger partial charge in [0.1, 0.15) is 0 Å². The van der Waals surface area contributed by atoms with Crippen LogP contribution in [0.2, 0.25) is 0 Å². The van der Waals surface area contributed by atoms with Crippen LogP contribution in [0.1, 0.15) is 6.42 Å². The molecule has 15 heavy (non-hydrogen) atoms. The summed E-state index contributed by atoms with van der Waals surface area (Å²) in [6.07, 6.45) is 1.19. The molecule has 6 heteroatoms. The Balaban J connectivity index is 2.14. The molecule has 1 aliphatic rings. The van der Waals surface area contributed by atoms with Crippen LogP contribution in [0.5, 0.6) is 0 Å². The first-order valence-electron chi connectivity index (χ1n) is 5.12. The number of aromatic amines is 1. The normalized spacial score (nSPS) is 21.6. The fourth-order valence-corrected chi connectivity index (χ4v) is 2.09. The largest absolute Gasteiger partial charge is 0.339 e. The highest BCUT2D eigenvalue weighted by Crippen LogP contribution is 2.19. The lowest BCUT2D eigenvalue weighted by Crippen LogP contribution is -2.32. The quantitative estimate of drug-likeness (QED) is 0.752. The maximum atomic E-state index is 5.10. The van der Waals surface area contributed by atoms with Gasteiger partial charge < -0.3 is 9.80 Å². The average Bonchev–Trinajstić information content (AvgIpc) is 2.76. The molecule has 0 aromatic carbocycles. The lowest BCUT2D eigenvalue weighted by atomic mass is 10.2. The molecule has 2 heterocycles. The van der Waals surface area contributed by atoms with Crippen LogP contribution in [0.15, 0.2) is 0 Å². The minimum absolute atomic E-state index is 0.621. The summed E-state index contributed by atoms with van der Waals surface area (Å²) in [5, 5.41) is 7.06. The molecule has 0 saturated carbocycles. The summed E-state index contributed by atoms with van der Waals surface area (Å²) in [6.45, 7) is 2.08. The average molecular weight is 227 g/mol. The van der Waals surface area contributed by atoms with Crippen LogP contribution < -0.4 is 4.90 Å². The molecule has 0 bridgehead atoms. The van der Waals surface area contributed by atoms with Crippen molar-refractivity contribution in [3.8, 4) is 0 Å². The van der Waals surface area contributed by atoms with Gasteiger partial charge in [-0.2, -0.15) is 0 Å². The SMILES string of the molecule is CN(C)C1CCN(c2n[nH]c(=S)n2C)C1. The lowest BCUT2D eigenvalue weighted by molar-refractivity contribution is 0.315. The monoisotopic (exact) mass is 227 g/mol. The molecule has 84 valence electrons. The first kappa shape index (κ1) is 10.6. The van der Waals surface area contributed by atoms with Crippen LogP contribution in [0, 0.1) is 4.77 Å². The van der Waals surface area contributed by atoms with E-state index in [1.807, 2.05) is 11.6 Å². The molecule has 0 radical (unpaired) electrons. The molecule has 1 N–H and O–H groups in total. The molecule has 1 atom stereocenters. The second kappa shape index (κ2) is 3.94. The highest BCUT2D eigenvalue weighted by molar-refractivity contribution is 7.71. The van der Waals surface area contributed by atoms with E-state index in [9.17, 15) is 0 Å². The molecule has 0 amide bonds.